The zero-order chi connectivity index (χ0) is 16.1. The van der Waals surface area contributed by atoms with Crippen molar-refractivity contribution >= 4 is 51.7 Å². The van der Waals surface area contributed by atoms with Crippen molar-refractivity contribution in [2.45, 2.75) is 36.9 Å². The Hall–Kier alpha value is 0.260. The number of thioether (sulfide) groups is 1. The Kier molecular flexibility index (Phi) is 8.95. The number of rotatable bonds is 4. The molecule has 2 fully saturated rings. The van der Waals surface area contributed by atoms with Crippen LogP contribution in [0.4, 0.5) is 0 Å². The molecule has 1 spiro atoms. The molecular formula is C14H29IN4O2S2. The molecule has 9 heteroatoms. The minimum absolute atomic E-state index is 0. The van der Waals surface area contributed by atoms with Gasteiger partial charge in [-0.3, -0.25) is 4.99 Å². The second-order valence-corrected chi connectivity index (χ2v) is 9.55. The molecule has 0 bridgehead atoms. The second kappa shape index (κ2) is 9.67. The summed E-state index contributed by atoms with van der Waals surface area (Å²) in [6.07, 6.45) is 7.83. The van der Waals surface area contributed by atoms with E-state index < -0.39 is 10.0 Å². The van der Waals surface area contributed by atoms with Gasteiger partial charge in [-0.15, -0.1) is 24.0 Å². The van der Waals surface area contributed by atoms with E-state index in [4.69, 9.17) is 0 Å². The predicted molar refractivity (Wildman–Crippen MR) is 109 cm³/mol. The second-order valence-electron chi connectivity index (χ2n) is 6.15. The van der Waals surface area contributed by atoms with E-state index in [1.165, 1.54) is 38.4 Å². The van der Waals surface area contributed by atoms with Crippen LogP contribution in [-0.4, -0.2) is 69.3 Å². The number of hydrogen-bond donors (Lipinski definition) is 2. The molecule has 6 nitrogen and oxygen atoms in total. The van der Waals surface area contributed by atoms with E-state index in [0.29, 0.717) is 17.8 Å². The SMILES string of the molecule is CN=C(NCCNS(C)(=O)=O)N1CCSC2(CCCCC2)C1.I. The van der Waals surface area contributed by atoms with Gasteiger partial charge in [0, 0.05) is 43.7 Å². The fourth-order valence-electron chi connectivity index (χ4n) is 3.27. The van der Waals surface area contributed by atoms with Gasteiger partial charge in [0.25, 0.3) is 0 Å². The molecule has 1 saturated heterocycles. The average molecular weight is 476 g/mol. The molecule has 0 aromatic rings. The summed E-state index contributed by atoms with van der Waals surface area (Å²) in [7, 11) is -1.33. The van der Waals surface area contributed by atoms with Crippen LogP contribution in [0.3, 0.4) is 0 Å². The number of nitrogens with zero attached hydrogens (tertiary/aromatic N) is 2. The lowest BCUT2D eigenvalue weighted by atomic mass is 9.87. The van der Waals surface area contributed by atoms with E-state index in [9.17, 15) is 8.42 Å². The molecule has 2 aliphatic rings. The lowest BCUT2D eigenvalue weighted by Crippen LogP contribution is -2.54. The number of nitrogens with one attached hydrogen (secondary N) is 2. The van der Waals surface area contributed by atoms with Gasteiger partial charge in [0.2, 0.25) is 10.0 Å². The Bertz CT molecular complexity index is 487. The minimum Gasteiger partial charge on any atom is -0.355 e. The first-order valence-corrected chi connectivity index (χ1v) is 10.9. The van der Waals surface area contributed by atoms with E-state index >= 15 is 0 Å². The molecule has 1 aliphatic carbocycles. The zero-order valence-electron chi connectivity index (χ0n) is 14.0. The molecule has 0 atom stereocenters. The highest BCUT2D eigenvalue weighted by Gasteiger charge is 2.38. The molecule has 0 unspecified atom stereocenters. The Morgan fingerprint density at radius 3 is 2.57 bits per heavy atom. The lowest BCUT2D eigenvalue weighted by Gasteiger charge is -2.45. The predicted octanol–water partition coefficient (Wildman–Crippen LogP) is 1.48. The number of hydrogen-bond acceptors (Lipinski definition) is 4. The highest BCUT2D eigenvalue weighted by Crippen LogP contribution is 2.42. The third kappa shape index (κ3) is 6.95. The molecule has 1 heterocycles. The van der Waals surface area contributed by atoms with Gasteiger partial charge in [0.05, 0.1) is 6.26 Å². The van der Waals surface area contributed by atoms with Crippen molar-refractivity contribution in [3.05, 3.63) is 0 Å². The maximum atomic E-state index is 11.1. The monoisotopic (exact) mass is 476 g/mol. The van der Waals surface area contributed by atoms with E-state index in [1.807, 2.05) is 0 Å². The summed E-state index contributed by atoms with van der Waals surface area (Å²) in [4.78, 5) is 6.70. The van der Waals surface area contributed by atoms with Crippen molar-refractivity contribution in [3.8, 4) is 0 Å². The van der Waals surface area contributed by atoms with E-state index in [1.54, 1.807) is 7.05 Å². The van der Waals surface area contributed by atoms with Crippen LogP contribution in [0.1, 0.15) is 32.1 Å². The van der Waals surface area contributed by atoms with E-state index in [2.05, 4.69) is 31.7 Å². The van der Waals surface area contributed by atoms with Crippen LogP contribution in [-0.2, 0) is 10.0 Å². The lowest BCUT2D eigenvalue weighted by molar-refractivity contribution is 0.293. The first kappa shape index (κ1) is 21.3. The number of halogens is 1. The van der Waals surface area contributed by atoms with Crippen LogP contribution in [0.5, 0.6) is 0 Å². The molecular weight excluding hydrogens is 447 g/mol. The first-order chi connectivity index (χ1) is 10.4. The molecule has 2 rings (SSSR count). The smallest absolute Gasteiger partial charge is 0.208 e. The number of aliphatic imine (C=N–C) groups is 1. The molecule has 23 heavy (non-hydrogen) atoms. The molecule has 136 valence electrons. The summed E-state index contributed by atoms with van der Waals surface area (Å²) >= 11 is 2.13. The number of sulfonamides is 1. The summed E-state index contributed by atoms with van der Waals surface area (Å²) < 4.78 is 25.0. The Morgan fingerprint density at radius 2 is 1.96 bits per heavy atom. The first-order valence-electron chi connectivity index (χ1n) is 7.98. The van der Waals surface area contributed by atoms with Crippen molar-refractivity contribution in [1.29, 1.82) is 0 Å². The van der Waals surface area contributed by atoms with Crippen molar-refractivity contribution in [1.82, 2.24) is 14.9 Å². The number of guanidine groups is 1. The summed E-state index contributed by atoms with van der Waals surface area (Å²) in [6.45, 7) is 2.99. The van der Waals surface area contributed by atoms with Crippen LogP contribution >= 0.6 is 35.7 Å². The quantitative estimate of drug-likeness (QED) is 0.278. The van der Waals surface area contributed by atoms with Crippen molar-refractivity contribution in [2.75, 3.05) is 45.2 Å². The summed E-state index contributed by atoms with van der Waals surface area (Å²) in [6, 6.07) is 0. The average Bonchev–Trinajstić information content (AvgIpc) is 2.47. The Morgan fingerprint density at radius 1 is 1.26 bits per heavy atom. The Labute approximate surface area is 161 Å². The van der Waals surface area contributed by atoms with Gasteiger partial charge in [-0.2, -0.15) is 11.8 Å². The van der Waals surface area contributed by atoms with Gasteiger partial charge in [0.1, 0.15) is 0 Å². The topological polar surface area (TPSA) is 73.8 Å². The van der Waals surface area contributed by atoms with Crippen LogP contribution < -0.4 is 10.0 Å². The van der Waals surface area contributed by atoms with Crippen molar-refractivity contribution < 1.29 is 8.42 Å². The maximum absolute atomic E-state index is 11.1. The summed E-state index contributed by atoms with van der Waals surface area (Å²) in [5.41, 5.74) is 0. The molecule has 1 saturated carbocycles. The maximum Gasteiger partial charge on any atom is 0.208 e. The van der Waals surface area contributed by atoms with E-state index in [0.717, 1.165) is 24.8 Å². The van der Waals surface area contributed by atoms with Gasteiger partial charge < -0.3 is 10.2 Å². The Balaban J connectivity index is 0.00000264. The van der Waals surface area contributed by atoms with Crippen molar-refractivity contribution in [2.24, 2.45) is 4.99 Å². The highest BCUT2D eigenvalue weighted by atomic mass is 127. The minimum atomic E-state index is -3.12. The normalized spacial score (nSPS) is 21.8. The largest absolute Gasteiger partial charge is 0.355 e. The molecule has 1 aliphatic heterocycles. The third-order valence-electron chi connectivity index (χ3n) is 4.30. The van der Waals surface area contributed by atoms with Crippen LogP contribution in [0.15, 0.2) is 4.99 Å². The van der Waals surface area contributed by atoms with Gasteiger partial charge in [0.15, 0.2) is 5.96 Å². The van der Waals surface area contributed by atoms with E-state index in [-0.39, 0.29) is 24.0 Å². The molecule has 2 N–H and O–H groups in total. The molecule has 0 amide bonds. The fourth-order valence-corrected chi connectivity index (χ4v) is 5.31. The van der Waals surface area contributed by atoms with Crippen LogP contribution in [0, 0.1) is 0 Å². The standard InChI is InChI=1S/C14H28N4O2S2.HI/c1-15-13(16-8-9-17-22(2,19)20)18-10-11-21-14(12-18)6-4-3-5-7-14;/h17H,3-12H2,1-2H3,(H,15,16);1H. The fraction of sp³-hybridized carbons (Fsp3) is 0.929. The zero-order valence-corrected chi connectivity index (χ0v) is 18.0. The molecule has 0 radical (unpaired) electrons. The highest BCUT2D eigenvalue weighted by molar-refractivity contribution is 14.0. The van der Waals surface area contributed by atoms with Gasteiger partial charge in [-0.25, -0.2) is 13.1 Å². The van der Waals surface area contributed by atoms with Crippen molar-refractivity contribution in [3.63, 3.8) is 0 Å². The molecule has 0 aromatic heterocycles. The van der Waals surface area contributed by atoms with Gasteiger partial charge >= 0.3 is 0 Å². The van der Waals surface area contributed by atoms with Gasteiger partial charge in [-0.1, -0.05) is 19.3 Å². The third-order valence-corrected chi connectivity index (χ3v) is 6.56. The van der Waals surface area contributed by atoms with Gasteiger partial charge in [-0.05, 0) is 12.8 Å². The summed E-state index contributed by atoms with van der Waals surface area (Å²) in [5.74, 6) is 2.03. The molecule has 0 aromatic carbocycles. The summed E-state index contributed by atoms with van der Waals surface area (Å²) in [5, 5.41) is 3.27. The van der Waals surface area contributed by atoms with Crippen LogP contribution in [0.2, 0.25) is 0 Å². The van der Waals surface area contributed by atoms with Crippen LogP contribution in [0.25, 0.3) is 0 Å².